The molecule has 1 aliphatic carbocycles. The van der Waals surface area contributed by atoms with Crippen LogP contribution in [0.1, 0.15) is 18.7 Å². The zero-order valence-electron chi connectivity index (χ0n) is 8.46. The summed E-state index contributed by atoms with van der Waals surface area (Å²) in [7, 11) is 0. The van der Waals surface area contributed by atoms with Crippen LogP contribution in [0.4, 0.5) is 0 Å². The minimum atomic E-state index is 0.0229. The molecule has 15 heavy (non-hydrogen) atoms. The quantitative estimate of drug-likeness (QED) is 0.795. The molecule has 0 saturated heterocycles. The molecule has 0 aromatic carbocycles. The molecule has 0 bridgehead atoms. The van der Waals surface area contributed by atoms with E-state index >= 15 is 0 Å². The highest BCUT2D eigenvalue weighted by molar-refractivity contribution is 9.10. The van der Waals surface area contributed by atoms with Crippen molar-refractivity contribution in [3.05, 3.63) is 26.8 Å². The van der Waals surface area contributed by atoms with Gasteiger partial charge in [-0.3, -0.25) is 9.36 Å². The smallest absolute Gasteiger partial charge is 0.267 e. The van der Waals surface area contributed by atoms with Crippen LogP contribution in [0.5, 0.6) is 0 Å². The average Bonchev–Trinajstić information content (AvgIpc) is 3.00. The molecule has 5 heteroatoms. The minimum absolute atomic E-state index is 0.0229. The summed E-state index contributed by atoms with van der Waals surface area (Å²) in [6.07, 6.45) is 3.95. The molecule has 0 atom stereocenters. The lowest BCUT2D eigenvalue weighted by Gasteiger charge is -2.15. The minimum Gasteiger partial charge on any atom is -0.295 e. The van der Waals surface area contributed by atoms with Gasteiger partial charge in [0.25, 0.3) is 5.56 Å². The van der Waals surface area contributed by atoms with Crippen molar-refractivity contribution in [2.24, 2.45) is 5.41 Å². The maximum atomic E-state index is 11.9. The number of halogens is 2. The van der Waals surface area contributed by atoms with Crippen molar-refractivity contribution >= 4 is 31.9 Å². The van der Waals surface area contributed by atoms with E-state index in [2.05, 4.69) is 36.8 Å². The molecule has 0 spiro atoms. The van der Waals surface area contributed by atoms with Crippen LogP contribution < -0.4 is 5.56 Å². The summed E-state index contributed by atoms with van der Waals surface area (Å²) in [6.45, 7) is 2.65. The Morgan fingerprint density at radius 1 is 1.60 bits per heavy atom. The number of hydrogen-bond acceptors (Lipinski definition) is 2. The van der Waals surface area contributed by atoms with Gasteiger partial charge < -0.3 is 0 Å². The van der Waals surface area contributed by atoms with Crippen molar-refractivity contribution < 1.29 is 0 Å². The predicted molar refractivity (Wildman–Crippen MR) is 66.4 cm³/mol. The summed E-state index contributed by atoms with van der Waals surface area (Å²) in [6, 6.07) is 0. The highest BCUT2D eigenvalue weighted by Gasteiger charge is 2.42. The van der Waals surface area contributed by atoms with Gasteiger partial charge in [0.2, 0.25) is 0 Å². The molecule has 2 rings (SSSR count). The van der Waals surface area contributed by atoms with Crippen LogP contribution in [0.25, 0.3) is 0 Å². The third kappa shape index (κ3) is 2.18. The first kappa shape index (κ1) is 11.3. The second-order valence-electron chi connectivity index (χ2n) is 4.18. The fraction of sp³-hybridized carbons (Fsp3) is 0.600. The number of aromatic nitrogens is 2. The first-order valence-electron chi connectivity index (χ1n) is 4.86. The van der Waals surface area contributed by atoms with E-state index in [-0.39, 0.29) is 11.0 Å². The summed E-state index contributed by atoms with van der Waals surface area (Å²) < 4.78 is 2.30. The van der Waals surface area contributed by atoms with Gasteiger partial charge in [-0.25, -0.2) is 4.98 Å². The van der Waals surface area contributed by atoms with E-state index in [4.69, 9.17) is 0 Å². The number of aryl methyl sites for hydroxylation is 1. The molecular weight excluding hydrogens is 324 g/mol. The normalized spacial score (nSPS) is 17.8. The van der Waals surface area contributed by atoms with Crippen molar-refractivity contribution in [3.63, 3.8) is 0 Å². The van der Waals surface area contributed by atoms with Gasteiger partial charge in [0.1, 0.15) is 10.3 Å². The fourth-order valence-electron chi connectivity index (χ4n) is 1.58. The number of hydrogen-bond donors (Lipinski definition) is 0. The Labute approximate surface area is 105 Å². The first-order chi connectivity index (χ1) is 7.08. The Balaban J connectivity index is 2.36. The molecule has 0 radical (unpaired) electrons. The topological polar surface area (TPSA) is 34.9 Å². The van der Waals surface area contributed by atoms with Crippen molar-refractivity contribution in [1.82, 2.24) is 9.55 Å². The third-order valence-electron chi connectivity index (χ3n) is 2.94. The molecule has 1 heterocycles. The van der Waals surface area contributed by atoms with E-state index in [1.807, 2.05) is 6.92 Å². The molecule has 1 aliphatic rings. The first-order valence-corrected chi connectivity index (χ1v) is 6.77. The summed E-state index contributed by atoms with van der Waals surface area (Å²) in [5, 5.41) is 0.957. The lowest BCUT2D eigenvalue weighted by Crippen LogP contribution is -2.28. The average molecular weight is 336 g/mol. The van der Waals surface area contributed by atoms with Crippen molar-refractivity contribution in [2.75, 3.05) is 5.33 Å². The molecular formula is C10H12Br2N2O. The fourth-order valence-corrected chi connectivity index (χ4v) is 2.64. The Bertz CT molecular complexity index is 438. The Morgan fingerprint density at radius 2 is 2.27 bits per heavy atom. The third-order valence-corrected chi connectivity index (χ3v) is 4.67. The van der Waals surface area contributed by atoms with Crippen LogP contribution in [-0.4, -0.2) is 14.9 Å². The van der Waals surface area contributed by atoms with Crippen LogP contribution in [0.2, 0.25) is 0 Å². The maximum absolute atomic E-state index is 11.9. The van der Waals surface area contributed by atoms with Gasteiger partial charge in [-0.15, -0.1) is 0 Å². The monoisotopic (exact) mass is 334 g/mol. The number of alkyl halides is 1. The molecule has 0 aliphatic heterocycles. The standard InChI is InChI=1S/C10H12Br2N2O/c1-7-13-4-8(12)9(15)14(7)6-10(5-11)2-3-10/h4H,2-3,5-6H2,1H3. The lowest BCUT2D eigenvalue weighted by atomic mass is 10.1. The van der Waals surface area contributed by atoms with Gasteiger partial charge in [0.05, 0.1) is 0 Å². The van der Waals surface area contributed by atoms with Gasteiger partial charge in [-0.2, -0.15) is 0 Å². The molecule has 0 unspecified atom stereocenters. The molecule has 1 aromatic rings. The molecule has 1 aromatic heterocycles. The van der Waals surface area contributed by atoms with E-state index in [9.17, 15) is 4.79 Å². The Hall–Kier alpha value is -0.160. The molecule has 0 N–H and O–H groups in total. The number of rotatable bonds is 3. The zero-order valence-corrected chi connectivity index (χ0v) is 11.6. The van der Waals surface area contributed by atoms with Gasteiger partial charge in [-0.05, 0) is 41.1 Å². The van der Waals surface area contributed by atoms with Crippen molar-refractivity contribution in [1.29, 1.82) is 0 Å². The van der Waals surface area contributed by atoms with Crippen molar-refractivity contribution in [2.45, 2.75) is 26.3 Å². The molecule has 3 nitrogen and oxygen atoms in total. The second kappa shape index (κ2) is 4.01. The summed E-state index contributed by atoms with van der Waals surface area (Å²) in [5.41, 5.74) is 0.312. The summed E-state index contributed by atoms with van der Waals surface area (Å²) in [4.78, 5) is 16.1. The van der Waals surface area contributed by atoms with Gasteiger partial charge in [0.15, 0.2) is 0 Å². The predicted octanol–water partition coefficient (Wildman–Crippen LogP) is 2.49. The second-order valence-corrected chi connectivity index (χ2v) is 5.59. The Kier molecular flexibility index (Phi) is 3.03. The van der Waals surface area contributed by atoms with Crippen LogP contribution in [0.15, 0.2) is 15.5 Å². The Morgan fingerprint density at radius 3 is 2.80 bits per heavy atom. The molecule has 1 saturated carbocycles. The molecule has 82 valence electrons. The van der Waals surface area contributed by atoms with Crippen LogP contribution in [0.3, 0.4) is 0 Å². The molecule has 0 amide bonds. The van der Waals surface area contributed by atoms with E-state index in [1.54, 1.807) is 10.8 Å². The summed E-state index contributed by atoms with van der Waals surface area (Å²) in [5.74, 6) is 0.787. The highest BCUT2D eigenvalue weighted by Crippen LogP contribution is 2.48. The molecule has 1 fully saturated rings. The zero-order chi connectivity index (χ0) is 11.1. The lowest BCUT2D eigenvalue weighted by molar-refractivity contribution is 0.451. The SMILES string of the molecule is Cc1ncc(Br)c(=O)n1CC1(CBr)CC1. The van der Waals surface area contributed by atoms with Crippen LogP contribution >= 0.6 is 31.9 Å². The van der Waals surface area contributed by atoms with E-state index < -0.39 is 0 Å². The van der Waals surface area contributed by atoms with Crippen LogP contribution in [0, 0.1) is 12.3 Å². The van der Waals surface area contributed by atoms with E-state index in [0.29, 0.717) is 4.47 Å². The van der Waals surface area contributed by atoms with Gasteiger partial charge in [0, 0.05) is 18.1 Å². The summed E-state index contributed by atoms with van der Waals surface area (Å²) >= 11 is 6.73. The maximum Gasteiger partial charge on any atom is 0.267 e. The van der Waals surface area contributed by atoms with E-state index in [1.165, 1.54) is 12.8 Å². The van der Waals surface area contributed by atoms with Gasteiger partial charge >= 0.3 is 0 Å². The van der Waals surface area contributed by atoms with E-state index in [0.717, 1.165) is 17.7 Å². The van der Waals surface area contributed by atoms with Crippen molar-refractivity contribution in [3.8, 4) is 0 Å². The number of nitrogens with zero attached hydrogens (tertiary/aromatic N) is 2. The van der Waals surface area contributed by atoms with Gasteiger partial charge in [-0.1, -0.05) is 15.9 Å². The highest BCUT2D eigenvalue weighted by atomic mass is 79.9. The largest absolute Gasteiger partial charge is 0.295 e. The van der Waals surface area contributed by atoms with Crippen LogP contribution in [-0.2, 0) is 6.54 Å².